The number of benzene rings is 1. The first-order valence-electron chi connectivity index (χ1n) is 5.80. The fourth-order valence-corrected chi connectivity index (χ4v) is 1.69. The zero-order valence-electron chi connectivity index (χ0n) is 10.4. The lowest BCUT2D eigenvalue weighted by Crippen LogP contribution is -2.29. The smallest absolute Gasteiger partial charge is 0.251 e. The first-order chi connectivity index (χ1) is 9.20. The Labute approximate surface area is 110 Å². The molecule has 19 heavy (non-hydrogen) atoms. The predicted molar refractivity (Wildman–Crippen MR) is 67.2 cm³/mol. The molecule has 100 valence electrons. The van der Waals surface area contributed by atoms with Crippen molar-refractivity contribution >= 4 is 5.91 Å². The minimum atomic E-state index is -0.443. The topological polar surface area (TPSA) is 51.5 Å². The van der Waals surface area contributed by atoms with Crippen molar-refractivity contribution in [2.75, 3.05) is 13.7 Å². The summed E-state index contributed by atoms with van der Waals surface area (Å²) in [4.78, 5) is 11.8. The molecule has 1 N–H and O–H groups in total. The summed E-state index contributed by atoms with van der Waals surface area (Å²) in [7, 11) is 1.53. The van der Waals surface area contributed by atoms with Crippen molar-refractivity contribution in [1.29, 1.82) is 0 Å². The van der Waals surface area contributed by atoms with Crippen LogP contribution in [0, 0.1) is 5.82 Å². The molecule has 1 aromatic heterocycles. The van der Waals surface area contributed by atoms with E-state index in [2.05, 4.69) is 5.32 Å². The molecule has 2 rings (SSSR count). The lowest BCUT2D eigenvalue weighted by Gasteiger charge is -2.13. The molecular weight excluding hydrogens is 249 g/mol. The van der Waals surface area contributed by atoms with Crippen LogP contribution in [-0.2, 0) is 4.74 Å². The predicted octanol–water partition coefficient (Wildman–Crippen LogP) is 2.54. The minimum Gasteiger partial charge on any atom is -0.467 e. The summed E-state index contributed by atoms with van der Waals surface area (Å²) in [5, 5.41) is 2.67. The van der Waals surface area contributed by atoms with Gasteiger partial charge in [0.1, 0.15) is 17.7 Å². The summed E-state index contributed by atoms with van der Waals surface area (Å²) in [6, 6.07) is 9.03. The number of furan rings is 1. The van der Waals surface area contributed by atoms with Gasteiger partial charge in [0.25, 0.3) is 5.91 Å². The Morgan fingerprint density at radius 2 is 2.26 bits per heavy atom. The highest BCUT2D eigenvalue weighted by Crippen LogP contribution is 2.16. The first kappa shape index (κ1) is 13.3. The van der Waals surface area contributed by atoms with Crippen molar-refractivity contribution in [1.82, 2.24) is 5.32 Å². The third-order valence-electron chi connectivity index (χ3n) is 2.68. The van der Waals surface area contributed by atoms with E-state index in [-0.39, 0.29) is 24.1 Å². The van der Waals surface area contributed by atoms with E-state index in [1.807, 2.05) is 0 Å². The molecular formula is C14H14FNO3. The van der Waals surface area contributed by atoms with Crippen molar-refractivity contribution in [3.63, 3.8) is 0 Å². The molecule has 0 aliphatic heterocycles. The number of rotatable bonds is 5. The van der Waals surface area contributed by atoms with Crippen LogP contribution in [0.2, 0.25) is 0 Å². The van der Waals surface area contributed by atoms with Gasteiger partial charge in [-0.15, -0.1) is 0 Å². The monoisotopic (exact) mass is 263 g/mol. The highest BCUT2D eigenvalue weighted by Gasteiger charge is 2.15. The lowest BCUT2D eigenvalue weighted by molar-refractivity contribution is 0.0738. The lowest BCUT2D eigenvalue weighted by atomic mass is 10.2. The van der Waals surface area contributed by atoms with Crippen LogP contribution in [0.3, 0.4) is 0 Å². The maximum Gasteiger partial charge on any atom is 0.251 e. The van der Waals surface area contributed by atoms with Crippen LogP contribution in [0.5, 0.6) is 0 Å². The quantitative estimate of drug-likeness (QED) is 0.901. The summed E-state index contributed by atoms with van der Waals surface area (Å²) >= 11 is 0. The number of ether oxygens (including phenoxy) is 1. The zero-order chi connectivity index (χ0) is 13.7. The Bertz CT molecular complexity index is 539. The summed E-state index contributed by atoms with van der Waals surface area (Å²) in [5.74, 6) is -0.169. The molecule has 0 saturated carbocycles. The fourth-order valence-electron chi connectivity index (χ4n) is 1.69. The first-order valence-corrected chi connectivity index (χ1v) is 5.80. The Morgan fingerprint density at radius 1 is 1.42 bits per heavy atom. The van der Waals surface area contributed by atoms with Gasteiger partial charge in [0.2, 0.25) is 0 Å². The van der Waals surface area contributed by atoms with Crippen molar-refractivity contribution < 1.29 is 18.3 Å². The van der Waals surface area contributed by atoms with E-state index in [0.717, 1.165) is 0 Å². The fraction of sp³-hybridized carbons (Fsp3) is 0.214. The van der Waals surface area contributed by atoms with Gasteiger partial charge in [0.15, 0.2) is 0 Å². The molecule has 0 radical (unpaired) electrons. The second-order valence-electron chi connectivity index (χ2n) is 3.96. The number of carbonyl (C=O) groups excluding carboxylic acids is 1. The molecule has 1 amide bonds. The van der Waals surface area contributed by atoms with Gasteiger partial charge in [0.05, 0.1) is 12.8 Å². The summed E-state index contributed by atoms with van der Waals surface area (Å²) in [5.41, 5.74) is 0.272. The molecule has 0 unspecified atom stereocenters. The van der Waals surface area contributed by atoms with Crippen LogP contribution in [-0.4, -0.2) is 19.6 Å². The van der Waals surface area contributed by atoms with Crippen LogP contribution in [0.15, 0.2) is 47.1 Å². The van der Waals surface area contributed by atoms with E-state index in [1.54, 1.807) is 18.2 Å². The number of hydrogen-bond donors (Lipinski definition) is 1. The number of halogens is 1. The van der Waals surface area contributed by atoms with Gasteiger partial charge >= 0.3 is 0 Å². The SMILES string of the molecule is CO[C@@H](CNC(=O)c1cccc(F)c1)c1ccco1. The van der Waals surface area contributed by atoms with E-state index < -0.39 is 5.82 Å². The van der Waals surface area contributed by atoms with E-state index >= 15 is 0 Å². The Morgan fingerprint density at radius 3 is 2.89 bits per heavy atom. The zero-order valence-corrected chi connectivity index (χ0v) is 10.4. The number of amides is 1. The molecule has 0 fully saturated rings. The van der Waals surface area contributed by atoms with Crippen LogP contribution < -0.4 is 5.32 Å². The molecule has 2 aromatic rings. The molecule has 0 spiro atoms. The highest BCUT2D eigenvalue weighted by molar-refractivity contribution is 5.94. The van der Waals surface area contributed by atoms with E-state index in [9.17, 15) is 9.18 Å². The second kappa shape index (κ2) is 6.15. The maximum atomic E-state index is 13.0. The standard InChI is InChI=1S/C14H14FNO3/c1-18-13(12-6-3-7-19-12)9-16-14(17)10-4-2-5-11(15)8-10/h2-8,13H,9H2,1H3,(H,16,17)/t13-/m0/s1. The van der Waals surface area contributed by atoms with Crippen LogP contribution in [0.1, 0.15) is 22.2 Å². The Hall–Kier alpha value is -2.14. The number of carbonyl (C=O) groups is 1. The molecule has 0 aliphatic rings. The van der Waals surface area contributed by atoms with Crippen molar-refractivity contribution in [2.24, 2.45) is 0 Å². The van der Waals surface area contributed by atoms with Crippen LogP contribution in [0.4, 0.5) is 4.39 Å². The molecule has 1 aromatic carbocycles. The summed E-state index contributed by atoms with van der Waals surface area (Å²) in [6.07, 6.45) is 1.17. The van der Waals surface area contributed by atoms with E-state index in [4.69, 9.17) is 9.15 Å². The van der Waals surface area contributed by atoms with Gasteiger partial charge in [-0.3, -0.25) is 4.79 Å². The molecule has 0 aliphatic carbocycles. The molecule has 0 bridgehead atoms. The van der Waals surface area contributed by atoms with Gasteiger partial charge in [0, 0.05) is 12.7 Å². The molecule has 1 heterocycles. The van der Waals surface area contributed by atoms with Gasteiger partial charge in [-0.1, -0.05) is 6.07 Å². The molecule has 1 atom stereocenters. The minimum absolute atomic E-state index is 0.249. The van der Waals surface area contributed by atoms with Crippen LogP contribution >= 0.6 is 0 Å². The normalized spacial score (nSPS) is 12.1. The van der Waals surface area contributed by atoms with Crippen molar-refractivity contribution in [3.8, 4) is 0 Å². The van der Waals surface area contributed by atoms with E-state index in [0.29, 0.717) is 5.76 Å². The average molecular weight is 263 g/mol. The Kier molecular flexibility index (Phi) is 4.30. The van der Waals surface area contributed by atoms with E-state index in [1.165, 1.54) is 31.6 Å². The third-order valence-corrected chi connectivity index (χ3v) is 2.68. The molecule has 5 heteroatoms. The average Bonchev–Trinajstić information content (AvgIpc) is 2.93. The van der Waals surface area contributed by atoms with Gasteiger partial charge in [-0.05, 0) is 30.3 Å². The Balaban J connectivity index is 1.96. The molecule has 4 nitrogen and oxygen atoms in total. The number of methoxy groups -OCH3 is 1. The second-order valence-corrected chi connectivity index (χ2v) is 3.96. The number of nitrogens with one attached hydrogen (secondary N) is 1. The van der Waals surface area contributed by atoms with Gasteiger partial charge < -0.3 is 14.5 Å². The van der Waals surface area contributed by atoms with Crippen molar-refractivity contribution in [3.05, 3.63) is 59.8 Å². The summed E-state index contributed by atoms with van der Waals surface area (Å²) < 4.78 is 23.4. The largest absolute Gasteiger partial charge is 0.467 e. The maximum absolute atomic E-state index is 13.0. The van der Waals surface area contributed by atoms with Crippen LogP contribution in [0.25, 0.3) is 0 Å². The third kappa shape index (κ3) is 3.42. The van der Waals surface area contributed by atoms with Gasteiger partial charge in [-0.25, -0.2) is 4.39 Å². The number of hydrogen-bond acceptors (Lipinski definition) is 3. The highest BCUT2D eigenvalue weighted by atomic mass is 19.1. The summed E-state index contributed by atoms with van der Waals surface area (Å²) in [6.45, 7) is 0.249. The van der Waals surface area contributed by atoms with Gasteiger partial charge in [-0.2, -0.15) is 0 Å². The van der Waals surface area contributed by atoms with Crippen molar-refractivity contribution in [2.45, 2.75) is 6.10 Å². The molecule has 0 saturated heterocycles.